The molecule has 1 fully saturated rings. The highest BCUT2D eigenvalue weighted by Crippen LogP contribution is 2.27. The molecule has 104 valence electrons. The number of carbonyl (C=O) groups is 1. The summed E-state index contributed by atoms with van der Waals surface area (Å²) in [6, 6.07) is 7.89. The Morgan fingerprint density at radius 1 is 1.37 bits per heavy atom. The van der Waals surface area contributed by atoms with Crippen LogP contribution in [0.3, 0.4) is 0 Å². The second-order valence-electron chi connectivity index (χ2n) is 4.99. The van der Waals surface area contributed by atoms with Gasteiger partial charge in [-0.25, -0.2) is 0 Å². The second kappa shape index (κ2) is 7.14. The molecule has 0 unspecified atom stereocenters. The first kappa shape index (κ1) is 13.9. The first-order valence-corrected chi connectivity index (χ1v) is 6.89. The van der Waals surface area contributed by atoms with Gasteiger partial charge in [-0.3, -0.25) is 4.79 Å². The number of benzene rings is 1. The van der Waals surface area contributed by atoms with Crippen LogP contribution < -0.4 is 15.4 Å². The summed E-state index contributed by atoms with van der Waals surface area (Å²) in [6.45, 7) is 2.03. The monoisotopic (exact) mass is 262 g/mol. The molecule has 0 aromatic heterocycles. The lowest BCUT2D eigenvalue weighted by Crippen LogP contribution is -2.35. The number of methoxy groups -OCH3 is 1. The number of rotatable bonds is 8. The van der Waals surface area contributed by atoms with Crippen LogP contribution in [0.5, 0.6) is 5.75 Å². The zero-order valence-corrected chi connectivity index (χ0v) is 11.4. The summed E-state index contributed by atoms with van der Waals surface area (Å²) in [4.78, 5) is 11.6. The molecule has 1 aromatic carbocycles. The second-order valence-corrected chi connectivity index (χ2v) is 4.99. The molecule has 1 saturated carbocycles. The fourth-order valence-electron chi connectivity index (χ4n) is 2.02. The molecular formula is C15H22N2O2. The lowest BCUT2D eigenvalue weighted by Gasteiger charge is -2.09. The van der Waals surface area contributed by atoms with Crippen LogP contribution in [0, 0.1) is 5.92 Å². The number of hydrogen-bond acceptors (Lipinski definition) is 3. The van der Waals surface area contributed by atoms with E-state index in [1.807, 2.05) is 24.3 Å². The standard InChI is InChI=1S/C15H22N2O2/c1-19-14-5-3-2-4-13(14)8-9-17-15(18)11-16-10-12-6-7-12/h2-5,12,16H,6-11H2,1H3,(H,17,18). The fourth-order valence-corrected chi connectivity index (χ4v) is 2.02. The van der Waals surface area contributed by atoms with Gasteiger partial charge in [0, 0.05) is 6.54 Å². The van der Waals surface area contributed by atoms with E-state index in [9.17, 15) is 4.79 Å². The van der Waals surface area contributed by atoms with Gasteiger partial charge < -0.3 is 15.4 Å². The van der Waals surface area contributed by atoms with Crippen molar-refractivity contribution in [1.29, 1.82) is 0 Å². The van der Waals surface area contributed by atoms with Gasteiger partial charge in [0.1, 0.15) is 5.75 Å². The van der Waals surface area contributed by atoms with Crippen LogP contribution in [-0.4, -0.2) is 32.7 Å². The van der Waals surface area contributed by atoms with Crippen molar-refractivity contribution < 1.29 is 9.53 Å². The third kappa shape index (κ3) is 4.91. The average molecular weight is 262 g/mol. The number of ether oxygens (including phenoxy) is 1. The molecule has 2 rings (SSSR count). The number of para-hydroxylation sites is 1. The summed E-state index contributed by atoms with van der Waals surface area (Å²) in [5.41, 5.74) is 1.12. The summed E-state index contributed by atoms with van der Waals surface area (Å²) in [5.74, 6) is 1.75. The maximum Gasteiger partial charge on any atom is 0.233 e. The molecule has 1 aliphatic carbocycles. The van der Waals surface area contributed by atoms with E-state index in [0.29, 0.717) is 13.1 Å². The van der Waals surface area contributed by atoms with Gasteiger partial charge in [0.2, 0.25) is 5.91 Å². The molecule has 0 bridgehead atoms. The average Bonchev–Trinajstić information content (AvgIpc) is 3.23. The van der Waals surface area contributed by atoms with Crippen LogP contribution >= 0.6 is 0 Å². The third-order valence-corrected chi connectivity index (χ3v) is 3.32. The van der Waals surface area contributed by atoms with Crippen molar-refractivity contribution in [3.8, 4) is 5.75 Å². The van der Waals surface area contributed by atoms with Crippen LogP contribution in [0.1, 0.15) is 18.4 Å². The Bertz CT molecular complexity index is 416. The lowest BCUT2D eigenvalue weighted by atomic mass is 10.1. The Morgan fingerprint density at radius 3 is 2.89 bits per heavy atom. The molecule has 0 saturated heterocycles. The highest BCUT2D eigenvalue weighted by Gasteiger charge is 2.20. The van der Waals surface area contributed by atoms with Gasteiger partial charge in [-0.1, -0.05) is 18.2 Å². The van der Waals surface area contributed by atoms with Gasteiger partial charge in [-0.05, 0) is 43.4 Å². The van der Waals surface area contributed by atoms with E-state index in [-0.39, 0.29) is 5.91 Å². The van der Waals surface area contributed by atoms with Crippen molar-refractivity contribution in [2.45, 2.75) is 19.3 Å². The molecule has 0 aliphatic heterocycles. The van der Waals surface area contributed by atoms with Crippen molar-refractivity contribution in [1.82, 2.24) is 10.6 Å². The maximum absolute atomic E-state index is 11.6. The van der Waals surface area contributed by atoms with E-state index >= 15 is 0 Å². The van der Waals surface area contributed by atoms with Gasteiger partial charge in [-0.15, -0.1) is 0 Å². The van der Waals surface area contributed by atoms with Gasteiger partial charge in [0.25, 0.3) is 0 Å². The molecule has 1 aromatic rings. The molecule has 19 heavy (non-hydrogen) atoms. The topological polar surface area (TPSA) is 50.4 Å². The highest BCUT2D eigenvalue weighted by atomic mass is 16.5. The Kier molecular flexibility index (Phi) is 5.21. The lowest BCUT2D eigenvalue weighted by molar-refractivity contribution is -0.120. The Labute approximate surface area is 114 Å². The minimum atomic E-state index is 0.0653. The highest BCUT2D eigenvalue weighted by molar-refractivity contribution is 5.77. The Balaban J connectivity index is 1.63. The van der Waals surface area contributed by atoms with E-state index in [4.69, 9.17) is 4.74 Å². The van der Waals surface area contributed by atoms with E-state index in [1.165, 1.54) is 12.8 Å². The molecule has 2 N–H and O–H groups in total. The molecule has 1 amide bonds. The number of nitrogens with one attached hydrogen (secondary N) is 2. The fraction of sp³-hybridized carbons (Fsp3) is 0.533. The molecule has 4 heteroatoms. The predicted octanol–water partition coefficient (Wildman–Crippen LogP) is 1.35. The molecule has 0 heterocycles. The van der Waals surface area contributed by atoms with Crippen LogP contribution in [0.4, 0.5) is 0 Å². The van der Waals surface area contributed by atoms with E-state index in [0.717, 1.165) is 30.2 Å². The first-order valence-electron chi connectivity index (χ1n) is 6.89. The quantitative estimate of drug-likeness (QED) is 0.743. The molecule has 0 spiro atoms. The van der Waals surface area contributed by atoms with Crippen LogP contribution in [0.25, 0.3) is 0 Å². The molecule has 0 radical (unpaired) electrons. The van der Waals surface area contributed by atoms with Crippen molar-refractivity contribution in [3.63, 3.8) is 0 Å². The van der Waals surface area contributed by atoms with Gasteiger partial charge in [0.05, 0.1) is 13.7 Å². The summed E-state index contributed by atoms with van der Waals surface area (Å²) >= 11 is 0. The van der Waals surface area contributed by atoms with Gasteiger partial charge in [-0.2, -0.15) is 0 Å². The Hall–Kier alpha value is -1.55. The number of hydrogen-bond donors (Lipinski definition) is 2. The van der Waals surface area contributed by atoms with E-state index in [2.05, 4.69) is 10.6 Å². The largest absolute Gasteiger partial charge is 0.496 e. The molecular weight excluding hydrogens is 240 g/mol. The minimum Gasteiger partial charge on any atom is -0.496 e. The summed E-state index contributed by atoms with van der Waals surface area (Å²) in [7, 11) is 1.67. The SMILES string of the molecule is COc1ccccc1CCNC(=O)CNCC1CC1. The minimum absolute atomic E-state index is 0.0653. The van der Waals surface area contributed by atoms with Crippen LogP contribution in [0.2, 0.25) is 0 Å². The number of carbonyl (C=O) groups excluding carboxylic acids is 1. The summed E-state index contributed by atoms with van der Waals surface area (Å²) < 4.78 is 5.28. The van der Waals surface area contributed by atoms with Crippen molar-refractivity contribution in [2.24, 2.45) is 5.92 Å². The zero-order chi connectivity index (χ0) is 13.5. The number of amides is 1. The normalized spacial score (nSPS) is 14.2. The third-order valence-electron chi connectivity index (χ3n) is 3.32. The van der Waals surface area contributed by atoms with Gasteiger partial charge in [0.15, 0.2) is 0 Å². The van der Waals surface area contributed by atoms with E-state index in [1.54, 1.807) is 7.11 Å². The first-order chi connectivity index (χ1) is 9.29. The van der Waals surface area contributed by atoms with Crippen LogP contribution in [0.15, 0.2) is 24.3 Å². The van der Waals surface area contributed by atoms with Gasteiger partial charge >= 0.3 is 0 Å². The smallest absolute Gasteiger partial charge is 0.233 e. The maximum atomic E-state index is 11.6. The molecule has 4 nitrogen and oxygen atoms in total. The summed E-state index contributed by atoms with van der Waals surface area (Å²) in [5, 5.41) is 6.10. The molecule has 0 atom stereocenters. The van der Waals surface area contributed by atoms with Crippen molar-refractivity contribution >= 4 is 5.91 Å². The van der Waals surface area contributed by atoms with Crippen LogP contribution in [-0.2, 0) is 11.2 Å². The predicted molar refractivity (Wildman–Crippen MR) is 75.3 cm³/mol. The summed E-state index contributed by atoms with van der Waals surface area (Å²) in [6.07, 6.45) is 3.41. The van der Waals surface area contributed by atoms with Crippen molar-refractivity contribution in [2.75, 3.05) is 26.7 Å². The van der Waals surface area contributed by atoms with E-state index < -0.39 is 0 Å². The zero-order valence-electron chi connectivity index (χ0n) is 11.4. The Morgan fingerprint density at radius 2 is 2.16 bits per heavy atom. The molecule has 1 aliphatic rings. The van der Waals surface area contributed by atoms with Crippen molar-refractivity contribution in [3.05, 3.63) is 29.8 Å².